The van der Waals surface area contributed by atoms with Gasteiger partial charge in [-0.25, -0.2) is 0 Å². The normalized spacial score (nSPS) is 12.2. The smallest absolute Gasteiger partial charge is 0.237 e. The molecule has 0 fully saturated rings. The average Bonchev–Trinajstić information content (AvgIpc) is 2.62. The van der Waals surface area contributed by atoms with Crippen LogP contribution in [0.1, 0.15) is 19.4 Å². The summed E-state index contributed by atoms with van der Waals surface area (Å²) in [4.78, 5) is 11.6. The molecule has 0 radical (unpaired) electrons. The number of rotatable bonds is 4. The molecular weight excluding hydrogens is 204 g/mol. The predicted octanol–water partition coefficient (Wildman–Crippen LogP) is 0.832. The number of nitrogens with one attached hydrogen (secondary N) is 1. The molecule has 5 heteroatoms. The Morgan fingerprint density at radius 1 is 1.69 bits per heavy atom. The molecule has 1 N–H and O–H groups in total. The minimum Gasteiger partial charge on any atom is -0.351 e. The molecule has 1 unspecified atom stereocenters. The number of hydrogen-bond donors (Lipinski definition) is 1. The van der Waals surface area contributed by atoms with Crippen molar-refractivity contribution in [3.63, 3.8) is 0 Å². The number of aryl methyl sites for hydroxylation is 1. The molecule has 1 rings (SSSR count). The van der Waals surface area contributed by atoms with Crippen LogP contribution in [0.25, 0.3) is 0 Å². The first-order valence-corrected chi connectivity index (χ1v) is 5.19. The molecule has 1 aromatic rings. The number of carbonyl (C=O) groups excluding carboxylic acids is 1. The highest BCUT2D eigenvalue weighted by Gasteiger charge is 2.21. The number of nitrogens with zero attached hydrogens (tertiary/aromatic N) is 3. The van der Waals surface area contributed by atoms with Crippen molar-refractivity contribution in [1.82, 2.24) is 15.1 Å². The summed E-state index contributed by atoms with van der Waals surface area (Å²) in [5, 5.41) is 15.6. The highest BCUT2D eigenvalue weighted by molar-refractivity contribution is 5.81. The zero-order valence-corrected chi connectivity index (χ0v) is 9.77. The second kappa shape index (κ2) is 5.31. The van der Waals surface area contributed by atoms with Gasteiger partial charge in [0.1, 0.15) is 5.92 Å². The molecule has 1 amide bonds. The second-order valence-corrected chi connectivity index (χ2v) is 4.09. The third kappa shape index (κ3) is 3.09. The van der Waals surface area contributed by atoms with Crippen LogP contribution in [-0.4, -0.2) is 15.7 Å². The van der Waals surface area contributed by atoms with Gasteiger partial charge in [0.15, 0.2) is 0 Å². The van der Waals surface area contributed by atoms with Crippen LogP contribution in [-0.2, 0) is 18.4 Å². The van der Waals surface area contributed by atoms with Crippen molar-refractivity contribution in [2.45, 2.75) is 20.4 Å². The van der Waals surface area contributed by atoms with Gasteiger partial charge in [-0.1, -0.05) is 13.8 Å². The Labute approximate surface area is 95.1 Å². The molecule has 0 spiro atoms. The highest BCUT2D eigenvalue weighted by Crippen LogP contribution is 2.09. The molecule has 1 aromatic heterocycles. The zero-order valence-electron chi connectivity index (χ0n) is 9.77. The minimum atomic E-state index is -0.586. The van der Waals surface area contributed by atoms with E-state index < -0.39 is 5.92 Å². The Balaban J connectivity index is 2.50. The zero-order chi connectivity index (χ0) is 12.1. The fraction of sp³-hybridized carbons (Fsp3) is 0.545. The molecule has 0 aliphatic carbocycles. The van der Waals surface area contributed by atoms with E-state index >= 15 is 0 Å². The molecule has 86 valence electrons. The van der Waals surface area contributed by atoms with Gasteiger partial charge in [-0.15, -0.1) is 0 Å². The Bertz CT molecular complexity index is 402. The van der Waals surface area contributed by atoms with E-state index in [2.05, 4.69) is 10.4 Å². The number of hydrogen-bond acceptors (Lipinski definition) is 3. The second-order valence-electron chi connectivity index (χ2n) is 4.09. The molecule has 0 saturated heterocycles. The SMILES string of the molecule is CC(C)C(C#N)C(=O)NCc1cnn(C)c1. The van der Waals surface area contributed by atoms with E-state index in [1.165, 1.54) is 0 Å². The molecule has 16 heavy (non-hydrogen) atoms. The maximum Gasteiger partial charge on any atom is 0.237 e. The van der Waals surface area contributed by atoms with Gasteiger partial charge < -0.3 is 5.32 Å². The fourth-order valence-corrected chi connectivity index (χ4v) is 1.37. The van der Waals surface area contributed by atoms with Crippen molar-refractivity contribution < 1.29 is 4.79 Å². The van der Waals surface area contributed by atoms with Gasteiger partial charge in [-0.05, 0) is 5.92 Å². The average molecular weight is 220 g/mol. The topological polar surface area (TPSA) is 70.7 Å². The predicted molar refractivity (Wildman–Crippen MR) is 59.0 cm³/mol. The van der Waals surface area contributed by atoms with E-state index in [0.29, 0.717) is 6.54 Å². The summed E-state index contributed by atoms with van der Waals surface area (Å²) in [5.74, 6) is -0.781. The van der Waals surface area contributed by atoms with Crippen LogP contribution in [0.5, 0.6) is 0 Å². The van der Waals surface area contributed by atoms with E-state index in [0.717, 1.165) is 5.56 Å². The summed E-state index contributed by atoms with van der Waals surface area (Å²) < 4.78 is 1.67. The van der Waals surface area contributed by atoms with Gasteiger partial charge in [0, 0.05) is 25.4 Å². The number of carbonyl (C=O) groups is 1. The Morgan fingerprint density at radius 3 is 2.81 bits per heavy atom. The van der Waals surface area contributed by atoms with Crippen molar-refractivity contribution in [1.29, 1.82) is 5.26 Å². The van der Waals surface area contributed by atoms with Crippen LogP contribution in [0.2, 0.25) is 0 Å². The summed E-state index contributed by atoms with van der Waals surface area (Å²) in [7, 11) is 1.82. The summed E-state index contributed by atoms with van der Waals surface area (Å²) in [6.07, 6.45) is 3.52. The van der Waals surface area contributed by atoms with Crippen LogP contribution in [0.3, 0.4) is 0 Å². The molecule has 0 aromatic carbocycles. The molecule has 1 atom stereocenters. The van der Waals surface area contributed by atoms with Crippen molar-refractivity contribution in [3.8, 4) is 6.07 Å². The first-order chi connectivity index (χ1) is 7.54. The molecule has 5 nitrogen and oxygen atoms in total. The van der Waals surface area contributed by atoms with E-state index in [9.17, 15) is 4.79 Å². The van der Waals surface area contributed by atoms with E-state index in [1.54, 1.807) is 10.9 Å². The van der Waals surface area contributed by atoms with Crippen molar-refractivity contribution in [2.24, 2.45) is 18.9 Å². The quantitative estimate of drug-likeness (QED) is 0.817. The summed E-state index contributed by atoms with van der Waals surface area (Å²) >= 11 is 0. The summed E-state index contributed by atoms with van der Waals surface area (Å²) in [6, 6.07) is 2.01. The summed E-state index contributed by atoms with van der Waals surface area (Å²) in [5.41, 5.74) is 0.927. The maximum atomic E-state index is 11.6. The minimum absolute atomic E-state index is 0.0268. The van der Waals surface area contributed by atoms with Gasteiger partial charge in [-0.3, -0.25) is 9.48 Å². The molecular formula is C11H16N4O. The van der Waals surface area contributed by atoms with Gasteiger partial charge in [0.25, 0.3) is 0 Å². The van der Waals surface area contributed by atoms with E-state index in [-0.39, 0.29) is 11.8 Å². The third-order valence-corrected chi connectivity index (χ3v) is 2.31. The molecule has 0 saturated carbocycles. The van der Waals surface area contributed by atoms with Gasteiger partial charge in [-0.2, -0.15) is 10.4 Å². The monoisotopic (exact) mass is 220 g/mol. The van der Waals surface area contributed by atoms with Crippen LogP contribution < -0.4 is 5.32 Å². The Kier molecular flexibility index (Phi) is 4.06. The van der Waals surface area contributed by atoms with E-state index in [1.807, 2.05) is 33.2 Å². The highest BCUT2D eigenvalue weighted by atomic mass is 16.1. The van der Waals surface area contributed by atoms with Crippen LogP contribution in [0, 0.1) is 23.2 Å². The molecule has 1 heterocycles. The van der Waals surface area contributed by atoms with E-state index in [4.69, 9.17) is 5.26 Å². The lowest BCUT2D eigenvalue weighted by atomic mass is 9.97. The Hall–Kier alpha value is -1.83. The Morgan fingerprint density at radius 2 is 2.38 bits per heavy atom. The van der Waals surface area contributed by atoms with Crippen molar-refractivity contribution in [3.05, 3.63) is 18.0 Å². The number of amides is 1. The summed E-state index contributed by atoms with van der Waals surface area (Å²) in [6.45, 7) is 4.13. The van der Waals surface area contributed by atoms with Crippen molar-refractivity contribution >= 4 is 5.91 Å². The first-order valence-electron chi connectivity index (χ1n) is 5.19. The maximum absolute atomic E-state index is 11.6. The van der Waals surface area contributed by atoms with Crippen LogP contribution in [0.4, 0.5) is 0 Å². The lowest BCUT2D eigenvalue weighted by Gasteiger charge is -2.12. The lowest BCUT2D eigenvalue weighted by Crippen LogP contribution is -2.32. The standard InChI is InChI=1S/C11H16N4O/c1-8(2)10(4-12)11(16)13-5-9-6-14-15(3)7-9/h6-8,10H,5H2,1-3H3,(H,13,16). The van der Waals surface area contributed by atoms with Gasteiger partial charge in [0.2, 0.25) is 5.91 Å². The van der Waals surface area contributed by atoms with Gasteiger partial charge >= 0.3 is 0 Å². The molecule has 0 aliphatic rings. The molecule has 0 bridgehead atoms. The largest absolute Gasteiger partial charge is 0.351 e. The lowest BCUT2D eigenvalue weighted by molar-refractivity contribution is -0.124. The van der Waals surface area contributed by atoms with Gasteiger partial charge in [0.05, 0.1) is 12.3 Å². The van der Waals surface area contributed by atoms with Crippen LogP contribution >= 0.6 is 0 Å². The first kappa shape index (κ1) is 12.2. The van der Waals surface area contributed by atoms with Crippen molar-refractivity contribution in [2.75, 3.05) is 0 Å². The van der Waals surface area contributed by atoms with Crippen LogP contribution in [0.15, 0.2) is 12.4 Å². The number of aromatic nitrogens is 2. The third-order valence-electron chi connectivity index (χ3n) is 2.31. The molecule has 0 aliphatic heterocycles. The fourth-order valence-electron chi connectivity index (χ4n) is 1.37. The number of nitriles is 1.